The molecule has 0 aliphatic heterocycles. The van der Waals surface area contributed by atoms with Gasteiger partial charge in [0.25, 0.3) is 0 Å². The van der Waals surface area contributed by atoms with Crippen LogP contribution in [0.3, 0.4) is 0 Å². The lowest BCUT2D eigenvalue weighted by molar-refractivity contribution is 0.0509. The van der Waals surface area contributed by atoms with Crippen LogP contribution in [-0.2, 0) is 4.74 Å². The van der Waals surface area contributed by atoms with Crippen molar-refractivity contribution in [2.24, 2.45) is 0 Å². The number of rotatable bonds is 3. The van der Waals surface area contributed by atoms with Crippen molar-refractivity contribution < 1.29 is 9.47 Å². The molecule has 0 radical (unpaired) electrons. The van der Waals surface area contributed by atoms with Gasteiger partial charge in [-0.05, 0) is 45.2 Å². The van der Waals surface area contributed by atoms with Crippen molar-refractivity contribution in [2.75, 3.05) is 13.9 Å². The summed E-state index contributed by atoms with van der Waals surface area (Å²) in [6.45, 7) is 0.274. The predicted molar refractivity (Wildman–Crippen MR) is 62.2 cm³/mol. The van der Waals surface area contributed by atoms with Gasteiger partial charge in [0, 0.05) is 19.2 Å². The summed E-state index contributed by atoms with van der Waals surface area (Å²) in [7, 11) is 1.59. The second kappa shape index (κ2) is 5.18. The molecule has 0 aliphatic rings. The molecule has 12 heavy (non-hydrogen) atoms. The fourth-order valence-corrected chi connectivity index (χ4v) is 2.25. The number of nitrogens with zero attached hydrogens (tertiary/aromatic N) is 1. The molecule has 0 aromatic carbocycles. The van der Waals surface area contributed by atoms with E-state index < -0.39 is 0 Å². The second-order valence-electron chi connectivity index (χ2n) is 2.00. The van der Waals surface area contributed by atoms with Gasteiger partial charge in [-0.25, -0.2) is 4.98 Å². The summed E-state index contributed by atoms with van der Waals surface area (Å²) in [6.07, 6.45) is 0. The molecular formula is C7H7I2NO2. The van der Waals surface area contributed by atoms with E-state index in [2.05, 4.69) is 50.2 Å². The normalized spacial score (nSPS) is 9.92. The fraction of sp³-hybridized carbons (Fsp3) is 0.286. The number of aromatic nitrogens is 1. The van der Waals surface area contributed by atoms with Gasteiger partial charge in [0.05, 0.1) is 0 Å². The minimum absolute atomic E-state index is 0.274. The Labute approximate surface area is 98.1 Å². The summed E-state index contributed by atoms with van der Waals surface area (Å²) in [4.78, 5) is 4.19. The highest BCUT2D eigenvalue weighted by Gasteiger charge is 1.98. The van der Waals surface area contributed by atoms with Gasteiger partial charge in [-0.2, -0.15) is 0 Å². The van der Waals surface area contributed by atoms with E-state index in [1.165, 1.54) is 0 Å². The molecule has 3 nitrogen and oxygen atoms in total. The van der Waals surface area contributed by atoms with Crippen molar-refractivity contribution in [3.8, 4) is 5.75 Å². The lowest BCUT2D eigenvalue weighted by atomic mass is 10.5. The van der Waals surface area contributed by atoms with E-state index in [0.29, 0.717) is 0 Å². The monoisotopic (exact) mass is 391 g/mol. The van der Waals surface area contributed by atoms with Crippen LogP contribution in [0.25, 0.3) is 0 Å². The van der Waals surface area contributed by atoms with Crippen molar-refractivity contribution in [2.45, 2.75) is 0 Å². The second-order valence-corrected chi connectivity index (χ2v) is 4.21. The van der Waals surface area contributed by atoms with Crippen LogP contribution in [-0.4, -0.2) is 18.9 Å². The fourth-order valence-electron chi connectivity index (χ4n) is 0.653. The first-order valence-electron chi connectivity index (χ1n) is 3.17. The molecule has 0 unspecified atom stereocenters. The highest BCUT2D eigenvalue weighted by molar-refractivity contribution is 14.1. The molecule has 0 N–H and O–H groups in total. The molecule has 1 heterocycles. The minimum Gasteiger partial charge on any atom is -0.467 e. The summed E-state index contributed by atoms with van der Waals surface area (Å²) in [5.41, 5.74) is 0. The van der Waals surface area contributed by atoms with E-state index in [-0.39, 0.29) is 6.79 Å². The molecule has 0 bridgehead atoms. The number of halogens is 2. The van der Waals surface area contributed by atoms with E-state index >= 15 is 0 Å². The van der Waals surface area contributed by atoms with Crippen LogP contribution < -0.4 is 4.74 Å². The Kier molecular flexibility index (Phi) is 4.51. The topological polar surface area (TPSA) is 31.4 Å². The summed E-state index contributed by atoms with van der Waals surface area (Å²) in [5.74, 6) is 0.792. The summed E-state index contributed by atoms with van der Waals surface area (Å²) < 4.78 is 11.9. The van der Waals surface area contributed by atoms with E-state index in [1.807, 2.05) is 12.1 Å². The molecule has 0 amide bonds. The molecule has 1 rings (SSSR count). The highest BCUT2D eigenvalue weighted by atomic mass is 127. The largest absolute Gasteiger partial charge is 0.467 e. The zero-order chi connectivity index (χ0) is 8.97. The first-order valence-corrected chi connectivity index (χ1v) is 5.33. The van der Waals surface area contributed by atoms with Gasteiger partial charge in [-0.1, -0.05) is 0 Å². The van der Waals surface area contributed by atoms with Crippen molar-refractivity contribution in [3.05, 3.63) is 19.5 Å². The van der Waals surface area contributed by atoms with Crippen LogP contribution >= 0.6 is 45.2 Å². The summed E-state index contributed by atoms with van der Waals surface area (Å²) >= 11 is 4.29. The van der Waals surface area contributed by atoms with E-state index in [1.54, 1.807) is 7.11 Å². The third-order valence-electron chi connectivity index (χ3n) is 1.08. The Hall–Kier alpha value is 0.370. The van der Waals surface area contributed by atoms with Crippen LogP contribution in [0.2, 0.25) is 0 Å². The maximum atomic E-state index is 5.24. The third-order valence-corrected chi connectivity index (χ3v) is 2.19. The average molecular weight is 391 g/mol. The Morgan fingerprint density at radius 2 is 1.92 bits per heavy atom. The van der Waals surface area contributed by atoms with Gasteiger partial charge in [0.1, 0.15) is 13.2 Å². The van der Waals surface area contributed by atoms with Crippen molar-refractivity contribution in [1.82, 2.24) is 4.98 Å². The van der Waals surface area contributed by atoms with E-state index in [0.717, 1.165) is 13.2 Å². The number of hydrogen-bond donors (Lipinski definition) is 0. The molecule has 0 aliphatic carbocycles. The molecule has 1 aromatic rings. The highest BCUT2D eigenvalue weighted by Crippen LogP contribution is 2.16. The molecule has 1 aromatic heterocycles. The third kappa shape index (κ3) is 3.40. The quantitative estimate of drug-likeness (QED) is 0.451. The van der Waals surface area contributed by atoms with Crippen LogP contribution in [0.4, 0.5) is 0 Å². The molecule has 0 saturated carbocycles. The number of pyridine rings is 1. The maximum absolute atomic E-state index is 5.24. The molecule has 0 saturated heterocycles. The van der Waals surface area contributed by atoms with Crippen LogP contribution in [0.1, 0.15) is 0 Å². The Morgan fingerprint density at radius 1 is 1.33 bits per heavy atom. The molecule has 5 heteroatoms. The van der Waals surface area contributed by atoms with Crippen molar-refractivity contribution in [3.63, 3.8) is 0 Å². The predicted octanol–water partition coefficient (Wildman–Crippen LogP) is 2.27. The maximum Gasteiger partial charge on any atom is 0.188 e. The molecular weight excluding hydrogens is 384 g/mol. The summed E-state index contributed by atoms with van der Waals surface area (Å²) in [5, 5.41) is 0. The van der Waals surface area contributed by atoms with Gasteiger partial charge in [0.15, 0.2) is 6.79 Å². The molecule has 0 fully saturated rings. The Bertz CT molecular complexity index is 247. The number of hydrogen-bond acceptors (Lipinski definition) is 3. The van der Waals surface area contributed by atoms with E-state index in [9.17, 15) is 0 Å². The van der Waals surface area contributed by atoms with Crippen molar-refractivity contribution >= 4 is 45.2 Å². The van der Waals surface area contributed by atoms with E-state index in [4.69, 9.17) is 9.47 Å². The standard InChI is InChI=1S/C7H7I2NO2/c1-11-4-12-5-2-6(8)10-7(9)3-5/h2-3H,4H2,1H3. The van der Waals surface area contributed by atoms with Crippen molar-refractivity contribution in [1.29, 1.82) is 0 Å². The molecule has 0 spiro atoms. The van der Waals surface area contributed by atoms with Crippen LogP contribution in [0.15, 0.2) is 12.1 Å². The average Bonchev–Trinajstić information content (AvgIpc) is 1.99. The molecule has 66 valence electrons. The Balaban J connectivity index is 2.72. The Morgan fingerprint density at radius 3 is 2.42 bits per heavy atom. The van der Waals surface area contributed by atoms with Crippen LogP contribution in [0.5, 0.6) is 5.75 Å². The minimum atomic E-state index is 0.274. The lowest BCUT2D eigenvalue weighted by Crippen LogP contribution is -2.00. The number of ether oxygens (including phenoxy) is 2. The first-order chi connectivity index (χ1) is 5.72. The van der Waals surface area contributed by atoms with Gasteiger partial charge >= 0.3 is 0 Å². The van der Waals surface area contributed by atoms with Gasteiger partial charge < -0.3 is 9.47 Å². The van der Waals surface area contributed by atoms with Gasteiger partial charge in [0.2, 0.25) is 0 Å². The SMILES string of the molecule is COCOc1cc(I)nc(I)c1. The van der Waals surface area contributed by atoms with Gasteiger partial charge in [-0.15, -0.1) is 0 Å². The zero-order valence-corrected chi connectivity index (χ0v) is 10.7. The zero-order valence-electron chi connectivity index (χ0n) is 6.38. The van der Waals surface area contributed by atoms with Gasteiger partial charge in [-0.3, -0.25) is 0 Å². The number of methoxy groups -OCH3 is 1. The molecule has 0 atom stereocenters. The lowest BCUT2D eigenvalue weighted by Gasteiger charge is -2.04. The summed E-state index contributed by atoms with van der Waals surface area (Å²) in [6, 6.07) is 3.73. The smallest absolute Gasteiger partial charge is 0.188 e. The first kappa shape index (κ1) is 10.5. The van der Waals surface area contributed by atoms with Crippen LogP contribution in [0, 0.1) is 7.40 Å².